The third kappa shape index (κ3) is 3.29. The molecule has 2 aromatic heterocycles. The van der Waals surface area contributed by atoms with E-state index in [2.05, 4.69) is 0 Å². The molecule has 28 heavy (non-hydrogen) atoms. The number of likely N-dealkylation sites (N-methyl/N-ethyl adjacent to an activating group) is 1. The third-order valence-electron chi connectivity index (χ3n) is 4.83. The first-order chi connectivity index (χ1) is 13.5. The van der Waals surface area contributed by atoms with Crippen LogP contribution < -0.4 is 0 Å². The molecule has 1 aliphatic carbocycles. The largest absolute Gasteiger partial charge is 0.465 e. The molecule has 0 N–H and O–H groups in total. The van der Waals surface area contributed by atoms with Crippen LogP contribution in [0, 0.1) is 0 Å². The van der Waals surface area contributed by atoms with Gasteiger partial charge >= 0.3 is 5.97 Å². The zero-order valence-corrected chi connectivity index (χ0v) is 15.8. The molecule has 0 atom stereocenters. The minimum Gasteiger partial charge on any atom is -0.465 e. The molecule has 142 valence electrons. The number of para-hydroxylation sites is 1. The molecular formula is C22H20N2O4. The van der Waals surface area contributed by atoms with Crippen LogP contribution in [0.4, 0.5) is 0 Å². The van der Waals surface area contributed by atoms with Crippen molar-refractivity contribution in [3.63, 3.8) is 0 Å². The number of ether oxygens (including phenoxy) is 1. The van der Waals surface area contributed by atoms with Crippen LogP contribution in [0.5, 0.6) is 0 Å². The summed E-state index contributed by atoms with van der Waals surface area (Å²) < 4.78 is 10.8. The van der Waals surface area contributed by atoms with Crippen molar-refractivity contribution < 1.29 is 18.7 Å². The van der Waals surface area contributed by atoms with Crippen LogP contribution in [-0.2, 0) is 16.0 Å². The maximum Gasteiger partial charge on any atom is 0.339 e. The van der Waals surface area contributed by atoms with E-state index in [1.54, 1.807) is 20.4 Å². The second kappa shape index (κ2) is 7.31. The Morgan fingerprint density at radius 3 is 2.75 bits per heavy atom. The number of benzene rings is 1. The van der Waals surface area contributed by atoms with Crippen molar-refractivity contribution in [2.75, 3.05) is 20.7 Å². The molecule has 0 spiro atoms. The number of carbonyl (C=O) groups excluding carboxylic acids is 2. The molecule has 6 heteroatoms. The van der Waals surface area contributed by atoms with E-state index in [4.69, 9.17) is 14.1 Å². The summed E-state index contributed by atoms with van der Waals surface area (Å²) in [5, 5.41) is 0.739. The summed E-state index contributed by atoms with van der Waals surface area (Å²) in [6.45, 7) is -0.285. The maximum atomic E-state index is 12.9. The molecule has 1 aliphatic rings. The maximum absolute atomic E-state index is 12.9. The average molecular weight is 376 g/mol. The molecule has 0 saturated carbocycles. The highest BCUT2D eigenvalue weighted by atomic mass is 16.5. The van der Waals surface area contributed by atoms with Crippen molar-refractivity contribution >= 4 is 34.4 Å². The van der Waals surface area contributed by atoms with E-state index in [0.717, 1.165) is 39.9 Å². The number of furan rings is 1. The quantitative estimate of drug-likeness (QED) is 0.651. The van der Waals surface area contributed by atoms with Crippen LogP contribution in [0.3, 0.4) is 0 Å². The Kier molecular flexibility index (Phi) is 4.69. The van der Waals surface area contributed by atoms with Gasteiger partial charge in [-0.05, 0) is 48.3 Å². The number of pyridine rings is 1. The molecular weight excluding hydrogens is 356 g/mol. The van der Waals surface area contributed by atoms with Crippen LogP contribution in [-0.4, -0.2) is 42.5 Å². The Bertz CT molecular complexity index is 1080. The molecule has 1 amide bonds. The number of hydrogen-bond donors (Lipinski definition) is 0. The van der Waals surface area contributed by atoms with Gasteiger partial charge in [-0.25, -0.2) is 9.78 Å². The lowest BCUT2D eigenvalue weighted by molar-refractivity contribution is -0.131. The molecule has 1 aromatic carbocycles. The van der Waals surface area contributed by atoms with Crippen LogP contribution in [0.15, 0.2) is 47.1 Å². The fourth-order valence-electron chi connectivity index (χ4n) is 3.39. The molecule has 0 unspecified atom stereocenters. The van der Waals surface area contributed by atoms with Gasteiger partial charge in [-0.2, -0.15) is 0 Å². The van der Waals surface area contributed by atoms with Crippen LogP contribution in [0.25, 0.3) is 22.6 Å². The Labute approximate surface area is 162 Å². The summed E-state index contributed by atoms with van der Waals surface area (Å²) in [6, 6.07) is 11.2. The first-order valence-electron chi connectivity index (χ1n) is 9.08. The third-order valence-corrected chi connectivity index (χ3v) is 4.83. The normalized spacial score (nSPS) is 14.3. The van der Waals surface area contributed by atoms with E-state index in [1.165, 1.54) is 4.90 Å². The van der Waals surface area contributed by atoms with E-state index < -0.39 is 5.97 Å². The molecule has 0 fully saturated rings. The van der Waals surface area contributed by atoms with Gasteiger partial charge in [0.05, 0.1) is 23.0 Å². The minimum atomic E-state index is -0.496. The van der Waals surface area contributed by atoms with Gasteiger partial charge in [0, 0.05) is 19.5 Å². The summed E-state index contributed by atoms with van der Waals surface area (Å²) in [5.74, 6) is -0.00965. The van der Waals surface area contributed by atoms with Crippen LogP contribution in [0.1, 0.15) is 33.8 Å². The number of carbonyl (C=O) groups is 2. The number of fused-ring (bicyclic) bond motifs is 2. The second-order valence-electron chi connectivity index (χ2n) is 6.88. The van der Waals surface area contributed by atoms with Gasteiger partial charge in [0.15, 0.2) is 6.61 Å². The predicted molar refractivity (Wildman–Crippen MR) is 106 cm³/mol. The number of allylic oxidation sites excluding steroid dienone is 1. The molecule has 4 rings (SSSR count). The van der Waals surface area contributed by atoms with Gasteiger partial charge in [0.25, 0.3) is 5.91 Å². The number of aromatic nitrogens is 1. The fraction of sp³-hybridized carbons (Fsp3) is 0.227. The molecule has 3 aromatic rings. The summed E-state index contributed by atoms with van der Waals surface area (Å²) >= 11 is 0. The van der Waals surface area contributed by atoms with Crippen molar-refractivity contribution in [1.29, 1.82) is 0 Å². The summed E-state index contributed by atoms with van der Waals surface area (Å²) in [6.07, 6.45) is 5.03. The van der Waals surface area contributed by atoms with Gasteiger partial charge in [0.2, 0.25) is 0 Å². The predicted octanol–water partition coefficient (Wildman–Crippen LogP) is 3.56. The summed E-state index contributed by atoms with van der Waals surface area (Å²) in [5.41, 5.74) is 3.89. The second-order valence-corrected chi connectivity index (χ2v) is 6.88. The summed E-state index contributed by atoms with van der Waals surface area (Å²) in [7, 11) is 3.25. The first-order valence-corrected chi connectivity index (χ1v) is 9.08. The van der Waals surface area contributed by atoms with Crippen molar-refractivity contribution in [1.82, 2.24) is 9.88 Å². The van der Waals surface area contributed by atoms with Gasteiger partial charge < -0.3 is 14.1 Å². The lowest BCUT2D eigenvalue weighted by Gasteiger charge is -2.14. The summed E-state index contributed by atoms with van der Waals surface area (Å²) in [4.78, 5) is 30.9. The van der Waals surface area contributed by atoms with Crippen molar-refractivity contribution in [3.8, 4) is 0 Å². The molecule has 0 saturated heterocycles. The zero-order valence-electron chi connectivity index (χ0n) is 15.8. The Hall–Kier alpha value is -3.41. The van der Waals surface area contributed by atoms with Gasteiger partial charge in [-0.3, -0.25) is 4.79 Å². The number of rotatable bonds is 4. The minimum absolute atomic E-state index is 0.262. The van der Waals surface area contributed by atoms with Gasteiger partial charge in [0.1, 0.15) is 5.76 Å². The Morgan fingerprint density at radius 1 is 1.18 bits per heavy atom. The van der Waals surface area contributed by atoms with Crippen molar-refractivity contribution in [2.45, 2.75) is 12.8 Å². The molecule has 0 radical (unpaired) electrons. The number of nitrogens with zero attached hydrogens (tertiary/aromatic N) is 2. The van der Waals surface area contributed by atoms with E-state index in [9.17, 15) is 9.59 Å². The molecule has 0 bridgehead atoms. The molecule has 0 aliphatic heterocycles. The van der Waals surface area contributed by atoms with E-state index in [-0.39, 0.29) is 12.5 Å². The molecule has 6 nitrogen and oxygen atoms in total. The van der Waals surface area contributed by atoms with E-state index in [0.29, 0.717) is 12.0 Å². The molecule has 2 heterocycles. The average Bonchev–Trinajstić information content (AvgIpc) is 3.34. The zero-order chi connectivity index (χ0) is 19.7. The van der Waals surface area contributed by atoms with Crippen LogP contribution in [0.2, 0.25) is 0 Å². The first kappa shape index (κ1) is 18.0. The van der Waals surface area contributed by atoms with Crippen LogP contribution >= 0.6 is 0 Å². The number of hydrogen-bond acceptors (Lipinski definition) is 5. The topological polar surface area (TPSA) is 72.6 Å². The van der Waals surface area contributed by atoms with E-state index in [1.807, 2.05) is 42.5 Å². The highest BCUT2D eigenvalue weighted by Crippen LogP contribution is 2.37. The van der Waals surface area contributed by atoms with Gasteiger partial charge in [-0.15, -0.1) is 0 Å². The Morgan fingerprint density at radius 2 is 2.00 bits per heavy atom. The van der Waals surface area contributed by atoms with Crippen molar-refractivity contribution in [2.24, 2.45) is 0 Å². The number of amides is 1. The van der Waals surface area contributed by atoms with Crippen molar-refractivity contribution in [3.05, 3.63) is 65.2 Å². The standard InChI is InChI=1S/C22H20N2O4/c1-24(2)19(25)13-28-22(26)20-16-7-3-4-8-18(16)23-21-14(9-10-17(20)21)12-15-6-5-11-27-15/h3-8,11-12H,9-10,13H2,1-2H3. The number of esters is 1. The fourth-order valence-corrected chi connectivity index (χ4v) is 3.39. The van der Waals surface area contributed by atoms with E-state index >= 15 is 0 Å². The monoisotopic (exact) mass is 376 g/mol. The smallest absolute Gasteiger partial charge is 0.339 e. The highest BCUT2D eigenvalue weighted by molar-refractivity contribution is 6.07. The Balaban J connectivity index is 1.78. The van der Waals surface area contributed by atoms with Gasteiger partial charge in [-0.1, -0.05) is 18.2 Å². The highest BCUT2D eigenvalue weighted by Gasteiger charge is 2.28. The lowest BCUT2D eigenvalue weighted by Crippen LogP contribution is -2.27. The SMILES string of the molecule is CN(C)C(=O)COC(=O)c1c2c(nc3ccccc13)C(=Cc1ccco1)CC2. The lowest BCUT2D eigenvalue weighted by atomic mass is 10.0.